The Labute approximate surface area is 156 Å². The normalized spacial score (nSPS) is 10.5. The Balaban J connectivity index is 1.64. The lowest BCUT2D eigenvalue weighted by Crippen LogP contribution is -2.13. The Morgan fingerprint density at radius 1 is 0.880 bits per heavy atom. The number of ether oxygens (including phenoxy) is 1. The highest BCUT2D eigenvalue weighted by molar-refractivity contribution is 6.31. The van der Waals surface area contributed by atoms with Crippen LogP contribution in [0.3, 0.4) is 0 Å². The zero-order chi connectivity index (χ0) is 17.9. The number of unbranched alkanes of at least 4 members (excludes halogenated alkanes) is 3. The average Bonchev–Trinajstić information content (AvgIpc) is 2.62. The molecule has 0 saturated carbocycles. The lowest BCUT2D eigenvalue weighted by Gasteiger charge is -2.11. The Morgan fingerprint density at radius 2 is 1.56 bits per heavy atom. The molecule has 0 spiro atoms. The Kier molecular flexibility index (Phi) is 8.47. The summed E-state index contributed by atoms with van der Waals surface area (Å²) in [7, 11) is 0. The standard InChI is InChI=1S/C21H29ClN2O/c1-3-4-5-6-15-25-20-11-9-18(10-12-20)23-13-14-24-19-8-7-17(2)21(22)16-19/h7-12,16,23-24H,3-6,13-15H2,1-2H3. The predicted molar refractivity (Wildman–Crippen MR) is 109 cm³/mol. The van der Waals surface area contributed by atoms with Gasteiger partial charge in [-0.25, -0.2) is 0 Å². The number of anilines is 2. The highest BCUT2D eigenvalue weighted by Crippen LogP contribution is 2.20. The van der Waals surface area contributed by atoms with Crippen LogP contribution in [-0.2, 0) is 0 Å². The van der Waals surface area contributed by atoms with Crippen molar-refractivity contribution < 1.29 is 4.74 Å². The van der Waals surface area contributed by atoms with Gasteiger partial charge in [0.15, 0.2) is 0 Å². The summed E-state index contributed by atoms with van der Waals surface area (Å²) in [5, 5.41) is 7.56. The van der Waals surface area contributed by atoms with E-state index in [9.17, 15) is 0 Å². The number of halogens is 1. The molecule has 0 bridgehead atoms. The molecule has 0 aliphatic rings. The molecule has 0 heterocycles. The molecule has 136 valence electrons. The molecule has 2 aromatic carbocycles. The third-order valence-electron chi connectivity index (χ3n) is 4.08. The van der Waals surface area contributed by atoms with Crippen LogP contribution in [0.4, 0.5) is 11.4 Å². The second-order valence-corrected chi connectivity index (χ2v) is 6.66. The maximum atomic E-state index is 6.13. The number of rotatable bonds is 11. The predicted octanol–water partition coefficient (Wildman–Crippen LogP) is 6.13. The number of hydrogen-bond acceptors (Lipinski definition) is 3. The van der Waals surface area contributed by atoms with E-state index >= 15 is 0 Å². The van der Waals surface area contributed by atoms with Gasteiger partial charge in [0, 0.05) is 29.5 Å². The van der Waals surface area contributed by atoms with Gasteiger partial charge in [-0.1, -0.05) is 43.9 Å². The Morgan fingerprint density at radius 3 is 2.24 bits per heavy atom. The van der Waals surface area contributed by atoms with Crippen LogP contribution in [0.1, 0.15) is 38.2 Å². The summed E-state index contributed by atoms with van der Waals surface area (Å²) in [4.78, 5) is 0. The van der Waals surface area contributed by atoms with Crippen molar-refractivity contribution in [2.75, 3.05) is 30.3 Å². The molecule has 2 N–H and O–H groups in total. The van der Waals surface area contributed by atoms with Gasteiger partial charge in [-0.15, -0.1) is 0 Å². The van der Waals surface area contributed by atoms with E-state index in [0.717, 1.165) is 53.8 Å². The molecular formula is C21H29ClN2O. The van der Waals surface area contributed by atoms with E-state index in [1.807, 2.05) is 37.3 Å². The van der Waals surface area contributed by atoms with Crippen LogP contribution in [0.25, 0.3) is 0 Å². The molecule has 2 rings (SSSR count). The van der Waals surface area contributed by atoms with E-state index in [4.69, 9.17) is 16.3 Å². The van der Waals surface area contributed by atoms with E-state index in [1.54, 1.807) is 0 Å². The molecule has 0 amide bonds. The van der Waals surface area contributed by atoms with Gasteiger partial charge in [-0.05, 0) is 55.3 Å². The molecule has 25 heavy (non-hydrogen) atoms. The quantitative estimate of drug-likeness (QED) is 0.473. The first-order valence-electron chi connectivity index (χ1n) is 9.16. The summed E-state index contributed by atoms with van der Waals surface area (Å²) in [6.07, 6.45) is 4.92. The summed E-state index contributed by atoms with van der Waals surface area (Å²) in [5.41, 5.74) is 3.24. The Bertz CT molecular complexity index is 628. The van der Waals surface area contributed by atoms with Gasteiger partial charge in [0.2, 0.25) is 0 Å². The molecule has 0 unspecified atom stereocenters. The van der Waals surface area contributed by atoms with E-state index in [0.29, 0.717) is 0 Å². The highest BCUT2D eigenvalue weighted by atomic mass is 35.5. The molecule has 0 aromatic heterocycles. The first-order valence-corrected chi connectivity index (χ1v) is 9.53. The van der Waals surface area contributed by atoms with Crippen LogP contribution in [0, 0.1) is 6.92 Å². The minimum atomic E-state index is 0.795. The Hall–Kier alpha value is -1.87. The molecule has 0 radical (unpaired) electrons. The maximum absolute atomic E-state index is 6.13. The fraction of sp³-hybridized carbons (Fsp3) is 0.429. The van der Waals surface area contributed by atoms with Gasteiger partial charge >= 0.3 is 0 Å². The minimum Gasteiger partial charge on any atom is -0.494 e. The van der Waals surface area contributed by atoms with E-state index in [1.165, 1.54) is 19.3 Å². The van der Waals surface area contributed by atoms with Crippen molar-refractivity contribution in [3.63, 3.8) is 0 Å². The molecular weight excluding hydrogens is 332 g/mol. The van der Waals surface area contributed by atoms with Crippen LogP contribution < -0.4 is 15.4 Å². The summed E-state index contributed by atoms with van der Waals surface area (Å²) >= 11 is 6.13. The number of hydrogen-bond donors (Lipinski definition) is 2. The van der Waals surface area contributed by atoms with Crippen LogP contribution >= 0.6 is 11.6 Å². The zero-order valence-corrected chi connectivity index (χ0v) is 16.0. The van der Waals surface area contributed by atoms with Crippen molar-refractivity contribution in [2.24, 2.45) is 0 Å². The fourth-order valence-electron chi connectivity index (χ4n) is 2.50. The topological polar surface area (TPSA) is 33.3 Å². The van der Waals surface area contributed by atoms with Crippen LogP contribution in [0.15, 0.2) is 42.5 Å². The smallest absolute Gasteiger partial charge is 0.119 e. The molecule has 0 fully saturated rings. The van der Waals surface area contributed by atoms with Gasteiger partial charge in [-0.2, -0.15) is 0 Å². The molecule has 2 aromatic rings. The monoisotopic (exact) mass is 360 g/mol. The van der Waals surface area contributed by atoms with Crippen LogP contribution in [0.5, 0.6) is 5.75 Å². The van der Waals surface area contributed by atoms with Gasteiger partial charge < -0.3 is 15.4 Å². The van der Waals surface area contributed by atoms with E-state index < -0.39 is 0 Å². The first-order chi connectivity index (χ1) is 12.2. The zero-order valence-electron chi connectivity index (χ0n) is 15.3. The van der Waals surface area contributed by atoms with Crippen molar-refractivity contribution in [1.29, 1.82) is 0 Å². The van der Waals surface area contributed by atoms with Gasteiger partial charge in [-0.3, -0.25) is 0 Å². The molecule has 3 nitrogen and oxygen atoms in total. The molecule has 0 aliphatic carbocycles. The lowest BCUT2D eigenvalue weighted by molar-refractivity contribution is 0.305. The van der Waals surface area contributed by atoms with E-state index in [2.05, 4.69) is 29.7 Å². The summed E-state index contributed by atoms with van der Waals surface area (Å²) < 4.78 is 5.76. The molecule has 0 saturated heterocycles. The number of nitrogens with one attached hydrogen (secondary N) is 2. The van der Waals surface area contributed by atoms with Crippen molar-refractivity contribution in [1.82, 2.24) is 0 Å². The second-order valence-electron chi connectivity index (χ2n) is 6.25. The van der Waals surface area contributed by atoms with Crippen LogP contribution in [0.2, 0.25) is 5.02 Å². The maximum Gasteiger partial charge on any atom is 0.119 e. The number of benzene rings is 2. The summed E-state index contributed by atoms with van der Waals surface area (Å²) in [6, 6.07) is 14.2. The summed E-state index contributed by atoms with van der Waals surface area (Å²) in [5.74, 6) is 0.939. The van der Waals surface area contributed by atoms with Gasteiger partial charge in [0.05, 0.1) is 6.61 Å². The molecule has 0 atom stereocenters. The fourth-order valence-corrected chi connectivity index (χ4v) is 2.68. The van der Waals surface area contributed by atoms with Gasteiger partial charge in [0.1, 0.15) is 5.75 Å². The SMILES string of the molecule is CCCCCCOc1ccc(NCCNc2ccc(C)c(Cl)c2)cc1. The minimum absolute atomic E-state index is 0.795. The molecule has 0 aliphatic heterocycles. The van der Waals surface area contributed by atoms with Crippen molar-refractivity contribution >= 4 is 23.0 Å². The lowest BCUT2D eigenvalue weighted by atomic mass is 10.2. The van der Waals surface area contributed by atoms with Crippen molar-refractivity contribution in [3.05, 3.63) is 53.1 Å². The first kappa shape index (κ1) is 19.5. The van der Waals surface area contributed by atoms with E-state index in [-0.39, 0.29) is 0 Å². The third kappa shape index (κ3) is 7.27. The van der Waals surface area contributed by atoms with Gasteiger partial charge in [0.25, 0.3) is 0 Å². The number of aryl methyl sites for hydroxylation is 1. The second kappa shape index (κ2) is 10.9. The molecule has 4 heteroatoms. The van der Waals surface area contributed by atoms with Crippen molar-refractivity contribution in [3.8, 4) is 5.75 Å². The largest absolute Gasteiger partial charge is 0.494 e. The van der Waals surface area contributed by atoms with Crippen molar-refractivity contribution in [2.45, 2.75) is 39.5 Å². The third-order valence-corrected chi connectivity index (χ3v) is 4.48. The highest BCUT2D eigenvalue weighted by Gasteiger charge is 1.98. The average molecular weight is 361 g/mol. The summed E-state index contributed by atoms with van der Waals surface area (Å²) in [6.45, 7) is 6.69. The van der Waals surface area contributed by atoms with Crippen LogP contribution in [-0.4, -0.2) is 19.7 Å².